The Bertz CT molecular complexity index is 1150. The number of halogens is 1. The number of nitrogens with zero attached hydrogens (tertiary/aromatic N) is 2. The third-order valence-corrected chi connectivity index (χ3v) is 5.36. The van der Waals surface area contributed by atoms with E-state index in [1.54, 1.807) is 30.3 Å². The van der Waals surface area contributed by atoms with Gasteiger partial charge in [-0.15, -0.1) is 11.3 Å². The molecule has 3 aromatic heterocycles. The van der Waals surface area contributed by atoms with Crippen LogP contribution in [0.2, 0.25) is 0 Å². The first-order valence-corrected chi connectivity index (χ1v) is 10.1. The lowest BCUT2D eigenvalue weighted by atomic mass is 10.2. The number of pyridine rings is 1. The van der Waals surface area contributed by atoms with E-state index in [9.17, 15) is 9.59 Å². The van der Waals surface area contributed by atoms with Gasteiger partial charge in [0.25, 0.3) is 11.8 Å². The standard InChI is InChI=1S/C20H15BrN4O2S/c21-14-6-7-18-23-16(12-25(18)11-14)10-22-19(26)13-3-1-4-15(9-13)24-20(27)17-5-2-8-28-17/h1-9,11-12H,10H2,(H,22,26)(H,24,27). The zero-order chi connectivity index (χ0) is 19.5. The van der Waals surface area contributed by atoms with Gasteiger partial charge in [0.15, 0.2) is 0 Å². The Labute approximate surface area is 173 Å². The fourth-order valence-electron chi connectivity index (χ4n) is 2.71. The van der Waals surface area contributed by atoms with Crippen LogP contribution < -0.4 is 10.6 Å². The molecule has 0 aliphatic rings. The average molecular weight is 455 g/mol. The Morgan fingerprint density at radius 3 is 2.79 bits per heavy atom. The zero-order valence-electron chi connectivity index (χ0n) is 14.6. The van der Waals surface area contributed by atoms with Gasteiger partial charge in [0, 0.05) is 28.1 Å². The molecule has 8 heteroatoms. The molecule has 3 heterocycles. The van der Waals surface area contributed by atoms with E-state index in [0.717, 1.165) is 15.8 Å². The predicted octanol–water partition coefficient (Wildman–Crippen LogP) is 4.34. The fraction of sp³-hybridized carbons (Fsp3) is 0.0500. The SMILES string of the molecule is O=C(NCc1cn2cc(Br)ccc2n1)c1cccc(NC(=O)c2cccs2)c1. The zero-order valence-corrected chi connectivity index (χ0v) is 17.0. The predicted molar refractivity (Wildman–Crippen MR) is 113 cm³/mol. The van der Waals surface area contributed by atoms with Gasteiger partial charge in [-0.1, -0.05) is 12.1 Å². The minimum absolute atomic E-state index is 0.191. The van der Waals surface area contributed by atoms with Gasteiger partial charge in [-0.3, -0.25) is 9.59 Å². The highest BCUT2D eigenvalue weighted by molar-refractivity contribution is 9.10. The largest absolute Gasteiger partial charge is 0.346 e. The smallest absolute Gasteiger partial charge is 0.265 e. The summed E-state index contributed by atoms with van der Waals surface area (Å²) in [5.41, 5.74) is 2.61. The van der Waals surface area contributed by atoms with E-state index in [4.69, 9.17) is 0 Å². The lowest BCUT2D eigenvalue weighted by Gasteiger charge is -2.07. The number of rotatable bonds is 5. The van der Waals surface area contributed by atoms with Crippen LogP contribution in [0.5, 0.6) is 0 Å². The van der Waals surface area contributed by atoms with Crippen LogP contribution in [0.3, 0.4) is 0 Å². The maximum Gasteiger partial charge on any atom is 0.265 e. The summed E-state index contributed by atoms with van der Waals surface area (Å²) in [5, 5.41) is 7.51. The summed E-state index contributed by atoms with van der Waals surface area (Å²) in [7, 11) is 0. The lowest BCUT2D eigenvalue weighted by molar-refractivity contribution is 0.0949. The Balaban J connectivity index is 1.42. The maximum atomic E-state index is 12.5. The van der Waals surface area contributed by atoms with Crippen LogP contribution in [0.25, 0.3) is 5.65 Å². The molecule has 0 unspecified atom stereocenters. The summed E-state index contributed by atoms with van der Waals surface area (Å²) < 4.78 is 2.85. The Morgan fingerprint density at radius 1 is 1.07 bits per heavy atom. The molecule has 2 amide bonds. The number of aromatic nitrogens is 2. The van der Waals surface area contributed by atoms with Gasteiger partial charge in [0.1, 0.15) is 5.65 Å². The molecular formula is C20H15BrN4O2S. The van der Waals surface area contributed by atoms with Crippen LogP contribution >= 0.6 is 27.3 Å². The van der Waals surface area contributed by atoms with Gasteiger partial charge < -0.3 is 15.0 Å². The molecule has 0 aliphatic heterocycles. The average Bonchev–Trinajstić information content (AvgIpc) is 3.35. The molecule has 0 atom stereocenters. The minimum atomic E-state index is -0.231. The van der Waals surface area contributed by atoms with E-state index in [-0.39, 0.29) is 11.8 Å². The molecule has 1 aromatic carbocycles. The second-order valence-electron chi connectivity index (χ2n) is 6.04. The van der Waals surface area contributed by atoms with Crippen molar-refractivity contribution in [1.82, 2.24) is 14.7 Å². The highest BCUT2D eigenvalue weighted by Crippen LogP contribution is 2.16. The van der Waals surface area contributed by atoms with Gasteiger partial charge >= 0.3 is 0 Å². The molecule has 28 heavy (non-hydrogen) atoms. The number of carbonyl (C=O) groups is 2. The highest BCUT2D eigenvalue weighted by atomic mass is 79.9. The number of amides is 2. The first kappa shape index (κ1) is 18.4. The molecule has 4 rings (SSSR count). The maximum absolute atomic E-state index is 12.5. The van der Waals surface area contributed by atoms with Gasteiger partial charge in [0.2, 0.25) is 0 Å². The summed E-state index contributed by atoms with van der Waals surface area (Å²) >= 11 is 4.79. The number of anilines is 1. The second-order valence-corrected chi connectivity index (χ2v) is 7.90. The molecule has 0 radical (unpaired) electrons. The second kappa shape index (κ2) is 7.95. The monoisotopic (exact) mass is 454 g/mol. The van der Waals surface area contributed by atoms with Crippen LogP contribution in [0.15, 0.2) is 70.8 Å². The number of hydrogen-bond acceptors (Lipinski definition) is 4. The molecule has 0 fully saturated rings. The Hall–Kier alpha value is -2.97. The summed E-state index contributed by atoms with van der Waals surface area (Å²) in [6.45, 7) is 0.309. The van der Waals surface area contributed by atoms with Crippen LogP contribution in [0.1, 0.15) is 25.7 Å². The molecule has 0 spiro atoms. The van der Waals surface area contributed by atoms with Crippen LogP contribution in [-0.2, 0) is 6.54 Å². The molecule has 2 N–H and O–H groups in total. The molecule has 0 saturated carbocycles. The fourth-order valence-corrected chi connectivity index (χ4v) is 3.69. The summed E-state index contributed by atoms with van der Waals surface area (Å²) in [5.74, 6) is -0.422. The van der Waals surface area contributed by atoms with Crippen molar-refractivity contribution in [2.45, 2.75) is 6.54 Å². The van der Waals surface area contributed by atoms with Gasteiger partial charge in [-0.05, 0) is 57.7 Å². The summed E-state index contributed by atoms with van der Waals surface area (Å²) in [6.07, 6.45) is 3.78. The molecule has 0 saturated heterocycles. The molecule has 4 aromatic rings. The van der Waals surface area contributed by atoms with E-state index in [1.807, 2.05) is 40.4 Å². The number of hydrogen-bond donors (Lipinski definition) is 2. The van der Waals surface area contributed by atoms with Crippen LogP contribution in [0, 0.1) is 0 Å². The van der Waals surface area contributed by atoms with E-state index in [2.05, 4.69) is 31.5 Å². The molecule has 0 bridgehead atoms. The van der Waals surface area contributed by atoms with Crippen molar-refractivity contribution in [2.24, 2.45) is 0 Å². The van der Waals surface area contributed by atoms with Crippen LogP contribution in [-0.4, -0.2) is 21.2 Å². The number of carbonyl (C=O) groups excluding carboxylic acids is 2. The quantitative estimate of drug-likeness (QED) is 0.470. The van der Waals surface area contributed by atoms with Crippen LogP contribution in [0.4, 0.5) is 5.69 Å². The molecule has 0 aliphatic carbocycles. The topological polar surface area (TPSA) is 75.5 Å². The summed E-state index contributed by atoms with van der Waals surface area (Å²) in [4.78, 5) is 29.7. The molecule has 6 nitrogen and oxygen atoms in total. The van der Waals surface area contributed by atoms with Crippen molar-refractivity contribution >= 4 is 50.4 Å². The van der Waals surface area contributed by atoms with E-state index in [1.165, 1.54) is 11.3 Å². The number of thiophene rings is 1. The first-order valence-electron chi connectivity index (χ1n) is 8.45. The van der Waals surface area contributed by atoms with Crippen molar-refractivity contribution < 1.29 is 9.59 Å². The third-order valence-electron chi connectivity index (χ3n) is 4.02. The number of nitrogens with one attached hydrogen (secondary N) is 2. The van der Waals surface area contributed by atoms with Crippen molar-refractivity contribution in [2.75, 3.05) is 5.32 Å². The number of imidazole rings is 1. The number of fused-ring (bicyclic) bond motifs is 1. The van der Waals surface area contributed by atoms with Crippen molar-refractivity contribution in [3.05, 3.63) is 86.9 Å². The van der Waals surface area contributed by atoms with Crippen molar-refractivity contribution in [1.29, 1.82) is 0 Å². The van der Waals surface area contributed by atoms with E-state index >= 15 is 0 Å². The lowest BCUT2D eigenvalue weighted by Crippen LogP contribution is -2.23. The normalized spacial score (nSPS) is 10.8. The van der Waals surface area contributed by atoms with Crippen molar-refractivity contribution in [3.63, 3.8) is 0 Å². The first-order chi connectivity index (χ1) is 13.6. The number of benzene rings is 1. The molecule has 140 valence electrons. The van der Waals surface area contributed by atoms with Gasteiger partial charge in [-0.2, -0.15) is 0 Å². The summed E-state index contributed by atoms with van der Waals surface area (Å²) in [6, 6.07) is 14.2. The third kappa shape index (κ3) is 4.13. The Kier molecular flexibility index (Phi) is 5.23. The Morgan fingerprint density at radius 2 is 1.96 bits per heavy atom. The van der Waals surface area contributed by atoms with Gasteiger partial charge in [-0.25, -0.2) is 4.98 Å². The molecular weight excluding hydrogens is 440 g/mol. The van der Waals surface area contributed by atoms with E-state index < -0.39 is 0 Å². The van der Waals surface area contributed by atoms with Gasteiger partial charge in [0.05, 0.1) is 17.1 Å². The van der Waals surface area contributed by atoms with Crippen molar-refractivity contribution in [3.8, 4) is 0 Å². The van der Waals surface area contributed by atoms with E-state index in [0.29, 0.717) is 22.7 Å². The minimum Gasteiger partial charge on any atom is -0.346 e. The highest BCUT2D eigenvalue weighted by Gasteiger charge is 2.11.